The molecule has 3 aliphatic carbocycles. The van der Waals surface area contributed by atoms with E-state index < -0.39 is 5.60 Å². The third kappa shape index (κ3) is 3.51. The van der Waals surface area contributed by atoms with Crippen LogP contribution >= 0.6 is 0 Å². The lowest BCUT2D eigenvalue weighted by Crippen LogP contribution is -2.49. The van der Waals surface area contributed by atoms with Crippen molar-refractivity contribution in [3.05, 3.63) is 70.8 Å². The Morgan fingerprint density at radius 2 is 1.88 bits per heavy atom. The molecular weight excluding hydrogens is 396 g/mol. The highest BCUT2D eigenvalue weighted by Gasteiger charge is 2.60. The number of ether oxygens (including phenoxy) is 1. The number of hydrogen-bond donors (Lipinski definition) is 1. The molecule has 3 aliphatic rings. The molecule has 3 nitrogen and oxygen atoms in total. The van der Waals surface area contributed by atoms with Crippen LogP contribution in [0.1, 0.15) is 74.1 Å². The summed E-state index contributed by atoms with van der Waals surface area (Å²) in [7, 11) is 0. The molecule has 5 atom stereocenters. The predicted molar refractivity (Wildman–Crippen MR) is 128 cm³/mol. The van der Waals surface area contributed by atoms with Crippen LogP contribution in [0.15, 0.2) is 48.5 Å². The van der Waals surface area contributed by atoms with Crippen LogP contribution in [0.5, 0.6) is 5.75 Å². The summed E-state index contributed by atoms with van der Waals surface area (Å²) in [5.74, 6) is 2.09. The Morgan fingerprint density at radius 1 is 1.09 bits per heavy atom. The van der Waals surface area contributed by atoms with Gasteiger partial charge in [0.05, 0.1) is 5.60 Å². The Morgan fingerprint density at radius 3 is 2.62 bits per heavy atom. The van der Waals surface area contributed by atoms with Crippen LogP contribution in [0, 0.1) is 24.2 Å². The SMILES string of the molecule is CC(=O)Oc1ccc2c(c1)CC[C@@H]1[C@@H]2CC[C@@]2(C)[C@H]1CC[C@@]2(O)/C=C\c1ccc(C)cc1. The third-order valence-corrected chi connectivity index (χ3v) is 8.80. The molecule has 0 saturated heterocycles. The largest absolute Gasteiger partial charge is 0.427 e. The Labute approximate surface area is 191 Å². The van der Waals surface area contributed by atoms with Crippen molar-refractivity contribution in [3.8, 4) is 5.75 Å². The van der Waals surface area contributed by atoms with Crippen molar-refractivity contribution in [1.82, 2.24) is 0 Å². The van der Waals surface area contributed by atoms with E-state index in [1.54, 1.807) is 0 Å². The molecule has 168 valence electrons. The first kappa shape index (κ1) is 21.5. The fraction of sp³-hybridized carbons (Fsp3) is 0.483. The number of esters is 1. The second-order valence-corrected chi connectivity index (χ2v) is 10.5. The fourth-order valence-corrected chi connectivity index (χ4v) is 7.02. The van der Waals surface area contributed by atoms with Crippen molar-refractivity contribution >= 4 is 12.0 Å². The van der Waals surface area contributed by atoms with Gasteiger partial charge in [-0.2, -0.15) is 0 Å². The van der Waals surface area contributed by atoms with Gasteiger partial charge in [-0.15, -0.1) is 0 Å². The number of hydrogen-bond acceptors (Lipinski definition) is 3. The summed E-state index contributed by atoms with van der Waals surface area (Å²) >= 11 is 0. The maximum Gasteiger partial charge on any atom is 0.308 e. The predicted octanol–water partition coefficient (Wildman–Crippen LogP) is 6.22. The highest BCUT2D eigenvalue weighted by molar-refractivity contribution is 5.69. The van der Waals surface area contributed by atoms with Gasteiger partial charge in [-0.25, -0.2) is 0 Å². The van der Waals surface area contributed by atoms with Gasteiger partial charge >= 0.3 is 5.97 Å². The number of carbonyl (C=O) groups excluding carboxylic acids is 1. The smallest absolute Gasteiger partial charge is 0.308 e. The van der Waals surface area contributed by atoms with E-state index in [9.17, 15) is 9.90 Å². The van der Waals surface area contributed by atoms with Crippen LogP contribution < -0.4 is 4.74 Å². The first-order valence-corrected chi connectivity index (χ1v) is 12.1. The highest BCUT2D eigenvalue weighted by Crippen LogP contribution is 2.64. The maximum absolute atomic E-state index is 11.8. The number of benzene rings is 2. The van der Waals surface area contributed by atoms with E-state index in [0.29, 0.717) is 23.5 Å². The lowest BCUT2D eigenvalue weighted by atomic mass is 9.53. The number of fused-ring (bicyclic) bond motifs is 5. The summed E-state index contributed by atoms with van der Waals surface area (Å²) in [6.45, 7) is 5.88. The Hall–Kier alpha value is -2.39. The number of carbonyl (C=O) groups is 1. The summed E-state index contributed by atoms with van der Waals surface area (Å²) < 4.78 is 5.32. The lowest BCUT2D eigenvalue weighted by molar-refractivity contribution is -0.131. The van der Waals surface area contributed by atoms with Crippen molar-refractivity contribution in [1.29, 1.82) is 0 Å². The van der Waals surface area contributed by atoms with Gasteiger partial charge in [0.1, 0.15) is 5.75 Å². The average Bonchev–Trinajstić information content (AvgIpc) is 3.04. The molecular formula is C29H34O3. The highest BCUT2D eigenvalue weighted by atomic mass is 16.5. The minimum absolute atomic E-state index is 0.0788. The molecule has 2 saturated carbocycles. The van der Waals surface area contributed by atoms with Gasteiger partial charge in [-0.1, -0.05) is 55.0 Å². The van der Waals surface area contributed by atoms with Gasteiger partial charge < -0.3 is 9.84 Å². The normalized spacial score (nSPS) is 33.4. The molecule has 2 aromatic rings. The molecule has 0 bridgehead atoms. The van der Waals surface area contributed by atoms with E-state index in [1.165, 1.54) is 23.6 Å². The Balaban J connectivity index is 1.39. The van der Waals surface area contributed by atoms with Crippen LogP contribution in [-0.2, 0) is 11.2 Å². The Kier molecular flexibility index (Phi) is 5.28. The summed E-state index contributed by atoms with van der Waals surface area (Å²) in [6.07, 6.45) is 10.5. The zero-order valence-electron chi connectivity index (χ0n) is 19.4. The Bertz CT molecular complexity index is 1050. The van der Waals surface area contributed by atoms with Crippen molar-refractivity contribution in [3.63, 3.8) is 0 Å². The molecule has 0 amide bonds. The van der Waals surface area contributed by atoms with Gasteiger partial charge in [-0.05, 0) is 92.0 Å². The summed E-state index contributed by atoms with van der Waals surface area (Å²) in [5.41, 5.74) is 4.35. The number of aliphatic hydroxyl groups is 1. The van der Waals surface area contributed by atoms with E-state index >= 15 is 0 Å². The lowest BCUT2D eigenvalue weighted by Gasteiger charge is -2.52. The van der Waals surface area contributed by atoms with E-state index in [2.05, 4.69) is 62.4 Å². The molecule has 3 heteroatoms. The molecule has 0 spiro atoms. The molecule has 5 rings (SSSR count). The van der Waals surface area contributed by atoms with Crippen LogP contribution in [-0.4, -0.2) is 16.7 Å². The molecule has 2 fully saturated rings. The first-order valence-electron chi connectivity index (χ1n) is 12.1. The third-order valence-electron chi connectivity index (χ3n) is 8.80. The molecule has 32 heavy (non-hydrogen) atoms. The number of aryl methyl sites for hydroxylation is 2. The maximum atomic E-state index is 11.8. The topological polar surface area (TPSA) is 46.5 Å². The van der Waals surface area contributed by atoms with E-state index in [0.717, 1.165) is 44.1 Å². The zero-order valence-corrected chi connectivity index (χ0v) is 19.4. The molecule has 0 radical (unpaired) electrons. The molecule has 0 heterocycles. The molecule has 0 unspecified atom stereocenters. The monoisotopic (exact) mass is 430 g/mol. The van der Waals surface area contributed by atoms with Crippen molar-refractivity contribution in [2.45, 2.75) is 70.8 Å². The second-order valence-electron chi connectivity index (χ2n) is 10.5. The standard InChI is InChI=1S/C29H34O3/c1-19-4-6-21(7-5-19)12-16-29(31)17-14-27-26-10-8-22-18-23(32-20(2)30)9-11-24(22)25(26)13-15-28(27,29)3/h4-7,9,11-12,16,18,25-27,31H,8,10,13-15,17H2,1-3H3/b16-12-/t25-,26-,27+,28+,29+/m1/s1. The van der Waals surface area contributed by atoms with E-state index in [4.69, 9.17) is 4.74 Å². The van der Waals surface area contributed by atoms with E-state index in [-0.39, 0.29) is 11.4 Å². The van der Waals surface area contributed by atoms with E-state index in [1.807, 2.05) is 6.07 Å². The van der Waals surface area contributed by atoms with Crippen LogP contribution in [0.3, 0.4) is 0 Å². The van der Waals surface area contributed by atoms with Crippen molar-refractivity contribution in [2.75, 3.05) is 0 Å². The molecule has 0 aliphatic heterocycles. The van der Waals surface area contributed by atoms with Crippen LogP contribution in [0.4, 0.5) is 0 Å². The second kappa shape index (κ2) is 7.88. The quantitative estimate of drug-likeness (QED) is 0.464. The van der Waals surface area contributed by atoms with Gasteiger partial charge in [0.2, 0.25) is 0 Å². The van der Waals surface area contributed by atoms with Crippen LogP contribution in [0.25, 0.3) is 6.08 Å². The molecule has 1 N–H and O–H groups in total. The minimum atomic E-state index is -0.743. The van der Waals surface area contributed by atoms with Crippen molar-refractivity contribution in [2.24, 2.45) is 17.3 Å². The number of rotatable bonds is 3. The van der Waals surface area contributed by atoms with Gasteiger partial charge in [0, 0.05) is 12.3 Å². The van der Waals surface area contributed by atoms with Gasteiger partial charge in [0.25, 0.3) is 0 Å². The summed E-state index contributed by atoms with van der Waals surface area (Å²) in [6, 6.07) is 14.7. The minimum Gasteiger partial charge on any atom is -0.427 e. The fourth-order valence-electron chi connectivity index (χ4n) is 7.02. The zero-order chi connectivity index (χ0) is 22.5. The van der Waals surface area contributed by atoms with Gasteiger partial charge in [-0.3, -0.25) is 4.79 Å². The molecule has 2 aromatic carbocycles. The average molecular weight is 431 g/mol. The summed E-state index contributed by atoms with van der Waals surface area (Å²) in [4.78, 5) is 11.3. The van der Waals surface area contributed by atoms with Gasteiger partial charge in [0.15, 0.2) is 0 Å². The molecule has 0 aromatic heterocycles. The van der Waals surface area contributed by atoms with Crippen molar-refractivity contribution < 1.29 is 14.6 Å². The summed E-state index contributed by atoms with van der Waals surface area (Å²) in [5, 5.41) is 11.8. The first-order chi connectivity index (χ1) is 15.3. The van der Waals surface area contributed by atoms with Crippen LogP contribution in [0.2, 0.25) is 0 Å².